The Kier molecular flexibility index (Phi) is 2.72. The Morgan fingerprint density at radius 2 is 2.32 bits per heavy atom. The average molecular weight is 260 g/mol. The highest BCUT2D eigenvalue weighted by atomic mass is 16.1. The first-order chi connectivity index (χ1) is 9.12. The minimum atomic E-state index is -0.401. The molecule has 3 rings (SSSR count). The van der Waals surface area contributed by atoms with Crippen LogP contribution in [0.4, 0.5) is 5.82 Å². The first kappa shape index (κ1) is 12.1. The van der Waals surface area contributed by atoms with Gasteiger partial charge in [-0.1, -0.05) is 0 Å². The smallest absolute Gasteiger partial charge is 0.226 e. The lowest BCUT2D eigenvalue weighted by molar-refractivity contribution is -0.116. The van der Waals surface area contributed by atoms with Crippen LogP contribution in [0.5, 0.6) is 0 Å². The molecule has 2 heterocycles. The molecule has 0 unspecified atom stereocenters. The van der Waals surface area contributed by atoms with E-state index < -0.39 is 5.54 Å². The summed E-state index contributed by atoms with van der Waals surface area (Å²) in [7, 11) is 0. The first-order valence-corrected chi connectivity index (χ1v) is 6.26. The average Bonchev–Trinajstić information content (AvgIpc) is 2.94. The van der Waals surface area contributed by atoms with E-state index in [4.69, 9.17) is 11.5 Å². The number of imidazole rings is 1. The molecule has 0 bridgehead atoms. The van der Waals surface area contributed by atoms with Crippen LogP contribution < -0.4 is 16.8 Å². The van der Waals surface area contributed by atoms with Gasteiger partial charge in [0.2, 0.25) is 5.91 Å². The molecule has 1 saturated carbocycles. The summed E-state index contributed by atoms with van der Waals surface area (Å²) in [5.74, 6) is 0.337. The van der Waals surface area contributed by atoms with Crippen molar-refractivity contribution in [2.75, 3.05) is 11.9 Å². The standard InChI is InChI=1S/C12H16N6O/c13-4-1-9(19)17-8-5-7-10(16-6-15-7)11(18-8)12(14)2-3-12/h5-6H,1-4,13-14H2,(H,15,16)(H,17,18,19). The fraction of sp³-hybridized carbons (Fsp3) is 0.417. The number of nitrogens with two attached hydrogens (primary N) is 2. The maximum absolute atomic E-state index is 11.6. The summed E-state index contributed by atoms with van der Waals surface area (Å²) in [6.45, 7) is 0.311. The molecule has 0 radical (unpaired) electrons. The van der Waals surface area contributed by atoms with Crippen LogP contribution in [0.25, 0.3) is 11.0 Å². The van der Waals surface area contributed by atoms with Gasteiger partial charge in [-0.25, -0.2) is 9.97 Å². The molecular weight excluding hydrogens is 244 g/mol. The van der Waals surface area contributed by atoms with Crippen LogP contribution in [-0.4, -0.2) is 27.4 Å². The molecule has 1 fully saturated rings. The number of fused-ring (bicyclic) bond motifs is 1. The number of carbonyl (C=O) groups excluding carboxylic acids is 1. The quantitative estimate of drug-likeness (QED) is 0.625. The molecule has 0 spiro atoms. The molecule has 0 atom stereocenters. The van der Waals surface area contributed by atoms with Crippen LogP contribution in [0.15, 0.2) is 12.4 Å². The lowest BCUT2D eigenvalue weighted by atomic mass is 10.1. The van der Waals surface area contributed by atoms with E-state index >= 15 is 0 Å². The normalized spacial score (nSPS) is 16.5. The van der Waals surface area contributed by atoms with Gasteiger partial charge in [-0.3, -0.25) is 4.79 Å². The fourth-order valence-corrected chi connectivity index (χ4v) is 2.06. The zero-order valence-corrected chi connectivity index (χ0v) is 10.4. The van der Waals surface area contributed by atoms with Crippen LogP contribution in [-0.2, 0) is 10.3 Å². The summed E-state index contributed by atoms with van der Waals surface area (Å²) < 4.78 is 0. The van der Waals surface area contributed by atoms with Crippen molar-refractivity contribution in [1.82, 2.24) is 15.0 Å². The Morgan fingerprint density at radius 3 is 3.00 bits per heavy atom. The third kappa shape index (κ3) is 2.18. The molecule has 19 heavy (non-hydrogen) atoms. The number of H-pyrrole nitrogens is 1. The topological polar surface area (TPSA) is 123 Å². The van der Waals surface area contributed by atoms with Gasteiger partial charge in [-0.05, 0) is 12.8 Å². The van der Waals surface area contributed by atoms with Crippen LogP contribution in [0.2, 0.25) is 0 Å². The highest BCUT2D eigenvalue weighted by Crippen LogP contribution is 2.44. The Balaban J connectivity index is 1.99. The number of anilines is 1. The minimum Gasteiger partial charge on any atom is -0.344 e. The third-order valence-electron chi connectivity index (χ3n) is 3.31. The lowest BCUT2D eigenvalue weighted by Gasteiger charge is -2.11. The van der Waals surface area contributed by atoms with Gasteiger partial charge in [0.25, 0.3) is 0 Å². The number of amides is 1. The second-order valence-electron chi connectivity index (χ2n) is 4.90. The second-order valence-corrected chi connectivity index (χ2v) is 4.90. The van der Waals surface area contributed by atoms with E-state index in [1.165, 1.54) is 0 Å². The Morgan fingerprint density at radius 1 is 1.53 bits per heavy atom. The molecule has 2 aromatic heterocycles. The van der Waals surface area contributed by atoms with Crippen LogP contribution in [0, 0.1) is 0 Å². The van der Waals surface area contributed by atoms with Gasteiger partial charge in [-0.15, -0.1) is 0 Å². The van der Waals surface area contributed by atoms with Gasteiger partial charge in [0.1, 0.15) is 11.3 Å². The van der Waals surface area contributed by atoms with Gasteiger partial charge >= 0.3 is 0 Å². The van der Waals surface area contributed by atoms with E-state index in [0.717, 1.165) is 29.6 Å². The number of aromatic nitrogens is 3. The summed E-state index contributed by atoms with van der Waals surface area (Å²) >= 11 is 0. The predicted octanol–water partition coefficient (Wildman–Crippen LogP) is 0.193. The number of rotatable bonds is 4. The van der Waals surface area contributed by atoms with Crippen LogP contribution in [0.1, 0.15) is 25.0 Å². The molecule has 7 nitrogen and oxygen atoms in total. The molecule has 6 N–H and O–H groups in total. The minimum absolute atomic E-state index is 0.151. The number of aromatic amines is 1. The van der Waals surface area contributed by atoms with Gasteiger partial charge in [-0.2, -0.15) is 0 Å². The molecule has 0 saturated heterocycles. The van der Waals surface area contributed by atoms with E-state index in [-0.39, 0.29) is 12.3 Å². The number of nitrogens with zero attached hydrogens (tertiary/aromatic N) is 2. The summed E-state index contributed by atoms with van der Waals surface area (Å²) in [6.07, 6.45) is 3.66. The van der Waals surface area contributed by atoms with E-state index in [9.17, 15) is 4.79 Å². The fourth-order valence-electron chi connectivity index (χ4n) is 2.06. The summed E-state index contributed by atoms with van der Waals surface area (Å²) in [5, 5.41) is 2.73. The number of pyridine rings is 1. The van der Waals surface area contributed by atoms with Gasteiger partial charge in [0, 0.05) is 19.0 Å². The van der Waals surface area contributed by atoms with E-state index in [1.54, 1.807) is 12.4 Å². The Hall–Kier alpha value is -1.99. The highest BCUT2D eigenvalue weighted by molar-refractivity contribution is 5.92. The van der Waals surface area contributed by atoms with Crippen molar-refractivity contribution in [1.29, 1.82) is 0 Å². The number of carbonyl (C=O) groups is 1. The Labute approximate surface area is 109 Å². The van der Waals surface area contributed by atoms with Crippen molar-refractivity contribution in [2.24, 2.45) is 11.5 Å². The van der Waals surface area contributed by atoms with Crippen LogP contribution in [0.3, 0.4) is 0 Å². The van der Waals surface area contributed by atoms with Gasteiger partial charge in [0.05, 0.1) is 23.1 Å². The highest BCUT2D eigenvalue weighted by Gasteiger charge is 2.43. The number of hydrogen-bond donors (Lipinski definition) is 4. The van der Waals surface area contributed by atoms with Crippen LogP contribution >= 0.6 is 0 Å². The lowest BCUT2D eigenvalue weighted by Crippen LogP contribution is -2.23. The zero-order chi connectivity index (χ0) is 13.5. The molecule has 0 aromatic carbocycles. The molecule has 7 heteroatoms. The van der Waals surface area contributed by atoms with Gasteiger partial charge in [0.15, 0.2) is 0 Å². The SMILES string of the molecule is NCCC(=O)Nc1cc2[nH]cnc2c(C2(N)CC2)n1. The summed E-state index contributed by atoms with van der Waals surface area (Å²) in [5.41, 5.74) is 13.5. The largest absolute Gasteiger partial charge is 0.344 e. The van der Waals surface area contributed by atoms with E-state index in [0.29, 0.717) is 12.4 Å². The monoisotopic (exact) mass is 260 g/mol. The second kappa shape index (κ2) is 4.29. The van der Waals surface area contributed by atoms with Crippen molar-refractivity contribution >= 4 is 22.8 Å². The van der Waals surface area contributed by atoms with E-state index in [2.05, 4.69) is 20.3 Å². The van der Waals surface area contributed by atoms with Crippen molar-refractivity contribution in [3.05, 3.63) is 18.1 Å². The van der Waals surface area contributed by atoms with E-state index in [1.807, 2.05) is 0 Å². The van der Waals surface area contributed by atoms with Crippen molar-refractivity contribution in [3.8, 4) is 0 Å². The van der Waals surface area contributed by atoms with Crippen molar-refractivity contribution < 1.29 is 4.79 Å². The molecule has 1 aliphatic carbocycles. The summed E-state index contributed by atoms with van der Waals surface area (Å²) in [4.78, 5) is 23.3. The summed E-state index contributed by atoms with van der Waals surface area (Å²) in [6, 6.07) is 1.76. The van der Waals surface area contributed by atoms with Crippen molar-refractivity contribution in [3.63, 3.8) is 0 Å². The molecule has 1 aliphatic rings. The third-order valence-corrected chi connectivity index (χ3v) is 3.31. The number of nitrogens with one attached hydrogen (secondary N) is 2. The maximum atomic E-state index is 11.6. The molecule has 0 aliphatic heterocycles. The predicted molar refractivity (Wildman–Crippen MR) is 71.3 cm³/mol. The van der Waals surface area contributed by atoms with Gasteiger partial charge < -0.3 is 21.8 Å². The molecule has 100 valence electrons. The number of hydrogen-bond acceptors (Lipinski definition) is 5. The Bertz CT molecular complexity index is 630. The maximum Gasteiger partial charge on any atom is 0.226 e. The molecule has 1 amide bonds. The van der Waals surface area contributed by atoms with Crippen molar-refractivity contribution in [2.45, 2.75) is 24.8 Å². The molecule has 2 aromatic rings. The zero-order valence-electron chi connectivity index (χ0n) is 10.4. The first-order valence-electron chi connectivity index (χ1n) is 6.26. The molecular formula is C12H16N6O.